The largest absolute Gasteiger partial charge is 0.478 e. The van der Waals surface area contributed by atoms with Gasteiger partial charge in [-0.05, 0) is 59.3 Å². The van der Waals surface area contributed by atoms with Crippen molar-refractivity contribution in [2.24, 2.45) is 0 Å². The van der Waals surface area contributed by atoms with Crippen LogP contribution in [0.4, 0.5) is 0 Å². The zero-order chi connectivity index (χ0) is 25.9. The molecule has 2 aliphatic rings. The Balaban J connectivity index is 0.000000152. The maximum Gasteiger partial charge on any atom is 0.338 e. The van der Waals surface area contributed by atoms with Crippen molar-refractivity contribution in [3.8, 4) is 0 Å². The summed E-state index contributed by atoms with van der Waals surface area (Å²) in [7, 11) is 0. The van der Waals surface area contributed by atoms with Gasteiger partial charge in [-0.2, -0.15) is 0 Å². The Labute approximate surface area is 206 Å². The van der Waals surface area contributed by atoms with E-state index < -0.39 is 23.9 Å². The molecule has 2 heterocycles. The van der Waals surface area contributed by atoms with Gasteiger partial charge in [-0.1, -0.05) is 48.5 Å². The number of carboxylic acid groups (broad SMARTS) is 2. The van der Waals surface area contributed by atoms with Crippen LogP contribution in [0, 0.1) is 0 Å². The lowest BCUT2D eigenvalue weighted by atomic mass is 10.1. The molecule has 0 aromatic heterocycles. The molecule has 0 fully saturated rings. The Bertz CT molecular complexity index is 1220. The van der Waals surface area contributed by atoms with Gasteiger partial charge in [0.2, 0.25) is 0 Å². The number of carbonyl (C=O) groups is 4. The standard InChI is InChI=1S/C10H8O4.C10H8.C8H6O4/c11-9-7-1-2-8(4-3-7)10(12)14-6-5-13-9;1-2-6-10-8-4-3-7-9(10)5-1;9-7(10)5-1-2-6(4-3-5)8(11)12/h1-4H,5-6H2;1-8H;1-4H,(H,9,10)(H,11,12). The van der Waals surface area contributed by atoms with E-state index >= 15 is 0 Å². The normalized spacial score (nSPS) is 12.1. The van der Waals surface area contributed by atoms with Crippen LogP contribution in [0.5, 0.6) is 0 Å². The first-order valence-electron chi connectivity index (χ1n) is 10.8. The second kappa shape index (κ2) is 12.5. The molecular formula is C28H22O8. The third-order valence-corrected chi connectivity index (χ3v) is 4.94. The van der Waals surface area contributed by atoms with Gasteiger partial charge in [0.05, 0.1) is 22.3 Å². The number of carbonyl (C=O) groups excluding carboxylic acids is 2. The fraction of sp³-hybridized carbons (Fsp3) is 0.0714. The zero-order valence-electron chi connectivity index (χ0n) is 19.0. The van der Waals surface area contributed by atoms with Crippen LogP contribution in [0.25, 0.3) is 10.8 Å². The van der Waals surface area contributed by atoms with E-state index in [4.69, 9.17) is 19.7 Å². The Morgan fingerprint density at radius 3 is 1.11 bits per heavy atom. The third kappa shape index (κ3) is 7.26. The summed E-state index contributed by atoms with van der Waals surface area (Å²) in [6, 6.07) is 27.9. The second-order valence-corrected chi connectivity index (χ2v) is 7.38. The van der Waals surface area contributed by atoms with E-state index in [1.54, 1.807) is 24.3 Å². The highest BCUT2D eigenvalue weighted by atomic mass is 16.6. The Morgan fingerprint density at radius 2 is 0.833 bits per heavy atom. The van der Waals surface area contributed by atoms with E-state index in [1.165, 1.54) is 35.0 Å². The monoisotopic (exact) mass is 486 g/mol. The molecule has 0 amide bonds. The molecule has 0 spiro atoms. The number of rotatable bonds is 2. The average molecular weight is 486 g/mol. The summed E-state index contributed by atoms with van der Waals surface area (Å²) >= 11 is 0. The van der Waals surface area contributed by atoms with Gasteiger partial charge in [0.1, 0.15) is 13.2 Å². The smallest absolute Gasteiger partial charge is 0.338 e. The van der Waals surface area contributed by atoms with E-state index in [-0.39, 0.29) is 24.3 Å². The van der Waals surface area contributed by atoms with E-state index in [1.807, 2.05) is 0 Å². The number of benzene rings is 4. The molecule has 8 heteroatoms. The van der Waals surface area contributed by atoms with Crippen LogP contribution in [0.2, 0.25) is 0 Å². The molecule has 6 rings (SSSR count). The molecule has 0 saturated heterocycles. The second-order valence-electron chi connectivity index (χ2n) is 7.38. The molecule has 182 valence electrons. The van der Waals surface area contributed by atoms with Gasteiger partial charge in [-0.15, -0.1) is 0 Å². The number of esters is 2. The predicted octanol–water partition coefficient (Wildman–Crippen LogP) is 4.94. The quantitative estimate of drug-likeness (QED) is 0.382. The molecule has 0 saturated carbocycles. The van der Waals surface area contributed by atoms with Gasteiger partial charge in [0.15, 0.2) is 0 Å². The van der Waals surface area contributed by atoms with Crippen molar-refractivity contribution in [2.45, 2.75) is 0 Å². The fourth-order valence-electron chi connectivity index (χ4n) is 3.07. The van der Waals surface area contributed by atoms with Crippen LogP contribution < -0.4 is 0 Å². The predicted molar refractivity (Wildman–Crippen MR) is 131 cm³/mol. The molecule has 0 radical (unpaired) electrons. The van der Waals surface area contributed by atoms with E-state index in [0.29, 0.717) is 11.1 Å². The SMILES string of the molecule is O=C(O)c1ccc(C(=O)O)cc1.O=C1OCCOC(=O)c2ccc1cc2.c1ccc2ccccc2c1. The first-order chi connectivity index (χ1) is 17.3. The summed E-state index contributed by atoms with van der Waals surface area (Å²) in [6.07, 6.45) is 0. The maximum absolute atomic E-state index is 11.3. The summed E-state index contributed by atoms with van der Waals surface area (Å²) in [5.74, 6) is -2.91. The van der Waals surface area contributed by atoms with Crippen molar-refractivity contribution >= 4 is 34.6 Å². The number of hydrogen-bond donors (Lipinski definition) is 2. The maximum atomic E-state index is 11.3. The van der Waals surface area contributed by atoms with E-state index in [2.05, 4.69) is 48.5 Å². The highest BCUT2D eigenvalue weighted by molar-refractivity contribution is 5.94. The summed E-state index contributed by atoms with van der Waals surface area (Å²) < 4.78 is 9.66. The van der Waals surface area contributed by atoms with Gasteiger partial charge in [-0.3, -0.25) is 0 Å². The van der Waals surface area contributed by atoms with Crippen LogP contribution in [0.3, 0.4) is 0 Å². The van der Waals surface area contributed by atoms with Gasteiger partial charge in [0, 0.05) is 0 Å². The minimum absolute atomic E-state index is 0.0833. The lowest BCUT2D eigenvalue weighted by molar-refractivity contribution is 0.0260. The zero-order valence-corrected chi connectivity index (χ0v) is 19.0. The van der Waals surface area contributed by atoms with Gasteiger partial charge in [-0.25, -0.2) is 19.2 Å². The van der Waals surface area contributed by atoms with Gasteiger partial charge in [0.25, 0.3) is 0 Å². The van der Waals surface area contributed by atoms with Crippen LogP contribution in [0.1, 0.15) is 41.4 Å². The molecule has 2 bridgehead atoms. The average Bonchev–Trinajstić information content (AvgIpc) is 2.91. The molecule has 8 nitrogen and oxygen atoms in total. The molecular weight excluding hydrogens is 464 g/mol. The summed E-state index contributed by atoms with van der Waals surface area (Å²) in [5, 5.41) is 19.6. The molecule has 2 aliphatic heterocycles. The van der Waals surface area contributed by atoms with Gasteiger partial charge < -0.3 is 19.7 Å². The Kier molecular flexibility index (Phi) is 8.88. The van der Waals surface area contributed by atoms with Crippen molar-refractivity contribution in [3.05, 3.63) is 119 Å². The number of ether oxygens (including phenoxy) is 2. The molecule has 2 N–H and O–H groups in total. The molecule has 4 aromatic rings. The molecule has 0 atom stereocenters. The number of aromatic carboxylic acids is 2. The van der Waals surface area contributed by atoms with Crippen molar-refractivity contribution in [2.75, 3.05) is 13.2 Å². The highest BCUT2D eigenvalue weighted by Crippen LogP contribution is 2.11. The van der Waals surface area contributed by atoms with Crippen molar-refractivity contribution in [1.82, 2.24) is 0 Å². The Hall–Kier alpha value is -4.98. The van der Waals surface area contributed by atoms with Crippen LogP contribution in [-0.4, -0.2) is 47.3 Å². The van der Waals surface area contributed by atoms with Crippen LogP contribution in [-0.2, 0) is 9.47 Å². The minimum Gasteiger partial charge on any atom is -0.478 e. The van der Waals surface area contributed by atoms with Crippen molar-refractivity contribution in [3.63, 3.8) is 0 Å². The van der Waals surface area contributed by atoms with E-state index in [0.717, 1.165) is 0 Å². The molecule has 36 heavy (non-hydrogen) atoms. The highest BCUT2D eigenvalue weighted by Gasteiger charge is 2.13. The summed E-state index contributed by atoms with van der Waals surface area (Å²) in [6.45, 7) is 0.200. The fourth-order valence-corrected chi connectivity index (χ4v) is 3.07. The van der Waals surface area contributed by atoms with Crippen LogP contribution >= 0.6 is 0 Å². The number of fused-ring (bicyclic) bond motifs is 8. The molecule has 4 aromatic carbocycles. The van der Waals surface area contributed by atoms with Crippen molar-refractivity contribution in [1.29, 1.82) is 0 Å². The Morgan fingerprint density at radius 1 is 0.528 bits per heavy atom. The number of carboxylic acids is 2. The summed E-state index contributed by atoms with van der Waals surface area (Å²) in [5.41, 5.74) is 1.06. The van der Waals surface area contributed by atoms with Crippen molar-refractivity contribution < 1.29 is 38.9 Å². The lowest BCUT2D eigenvalue weighted by Crippen LogP contribution is -2.16. The molecule has 0 aliphatic carbocycles. The first-order valence-corrected chi connectivity index (χ1v) is 10.8. The number of hydrogen-bond acceptors (Lipinski definition) is 6. The lowest BCUT2D eigenvalue weighted by Gasteiger charge is -2.09. The minimum atomic E-state index is -1.06. The van der Waals surface area contributed by atoms with Crippen LogP contribution in [0.15, 0.2) is 97.1 Å². The summed E-state index contributed by atoms with van der Waals surface area (Å²) in [4.78, 5) is 43.2. The van der Waals surface area contributed by atoms with Gasteiger partial charge >= 0.3 is 23.9 Å². The topological polar surface area (TPSA) is 127 Å². The molecule has 0 unspecified atom stereocenters. The first kappa shape index (κ1) is 25.6. The van der Waals surface area contributed by atoms with E-state index in [9.17, 15) is 19.2 Å². The third-order valence-electron chi connectivity index (χ3n) is 4.94.